The Morgan fingerprint density at radius 3 is 2.42 bits per heavy atom. The van der Waals surface area contributed by atoms with Crippen LogP contribution in [0.5, 0.6) is 17.4 Å². The van der Waals surface area contributed by atoms with E-state index in [0.29, 0.717) is 30.5 Å². The number of aryl methyl sites for hydroxylation is 2. The topological polar surface area (TPSA) is 70.4 Å². The largest absolute Gasteiger partial charge is 0.493 e. The van der Waals surface area contributed by atoms with Crippen LogP contribution in [0.2, 0.25) is 0 Å². The predicted molar refractivity (Wildman–Crippen MR) is 129 cm³/mol. The van der Waals surface area contributed by atoms with E-state index in [-0.39, 0.29) is 0 Å². The minimum absolute atomic E-state index is 0.453. The number of nitrogens with one attached hydrogen (secondary N) is 1. The molecule has 0 aliphatic carbocycles. The summed E-state index contributed by atoms with van der Waals surface area (Å²) in [5, 5.41) is 8.71. The minimum Gasteiger partial charge on any atom is -0.493 e. The standard InChI is InChI=1S/C26H30N4O3/c1-18-5-7-19(8-6-18)17-33-26-22(15-27-10-9-20-14-28-30(2)16-20)11-21-12-24(31-3)25(32-4)13-23(21)29-26/h5-8,11-14,16,27H,9-10,15,17H2,1-4H3. The molecule has 172 valence electrons. The molecule has 0 saturated heterocycles. The van der Waals surface area contributed by atoms with E-state index in [1.165, 1.54) is 11.1 Å². The van der Waals surface area contributed by atoms with Crippen molar-refractivity contribution in [1.82, 2.24) is 20.1 Å². The second-order valence-electron chi connectivity index (χ2n) is 8.08. The fourth-order valence-corrected chi connectivity index (χ4v) is 3.67. The Morgan fingerprint density at radius 2 is 1.73 bits per heavy atom. The van der Waals surface area contributed by atoms with E-state index in [1.807, 2.05) is 36.3 Å². The van der Waals surface area contributed by atoms with Crippen LogP contribution in [-0.2, 0) is 26.6 Å². The molecule has 0 aliphatic heterocycles. The zero-order valence-electron chi connectivity index (χ0n) is 19.6. The molecular weight excluding hydrogens is 416 g/mol. The van der Waals surface area contributed by atoms with Gasteiger partial charge in [0.2, 0.25) is 5.88 Å². The van der Waals surface area contributed by atoms with Gasteiger partial charge in [-0.25, -0.2) is 4.98 Å². The molecule has 2 heterocycles. The van der Waals surface area contributed by atoms with Gasteiger partial charge in [0.15, 0.2) is 11.5 Å². The second kappa shape index (κ2) is 10.4. The number of methoxy groups -OCH3 is 2. The zero-order chi connectivity index (χ0) is 23.2. The molecule has 2 aromatic heterocycles. The molecule has 0 radical (unpaired) electrons. The van der Waals surface area contributed by atoms with Crippen molar-refractivity contribution in [2.45, 2.75) is 26.5 Å². The lowest BCUT2D eigenvalue weighted by atomic mass is 10.1. The first-order valence-electron chi connectivity index (χ1n) is 11.0. The number of pyridine rings is 1. The SMILES string of the molecule is COc1cc2cc(CNCCc3cnn(C)c3)c(OCc3ccc(C)cc3)nc2cc1OC. The van der Waals surface area contributed by atoms with Gasteiger partial charge in [-0.1, -0.05) is 29.8 Å². The van der Waals surface area contributed by atoms with Crippen molar-refractivity contribution in [3.05, 3.63) is 77.1 Å². The number of rotatable bonds is 10. The van der Waals surface area contributed by atoms with Crippen LogP contribution in [0.1, 0.15) is 22.3 Å². The normalized spacial score (nSPS) is 11.0. The average Bonchev–Trinajstić information content (AvgIpc) is 3.25. The Labute approximate surface area is 194 Å². The summed E-state index contributed by atoms with van der Waals surface area (Å²) < 4.78 is 18.9. The van der Waals surface area contributed by atoms with Crippen molar-refractivity contribution in [2.24, 2.45) is 7.05 Å². The maximum atomic E-state index is 6.18. The third-order valence-electron chi connectivity index (χ3n) is 5.52. The van der Waals surface area contributed by atoms with Gasteiger partial charge in [0.1, 0.15) is 6.61 Å². The van der Waals surface area contributed by atoms with Crippen LogP contribution in [0.3, 0.4) is 0 Å². The van der Waals surface area contributed by atoms with Gasteiger partial charge in [0, 0.05) is 36.8 Å². The van der Waals surface area contributed by atoms with Gasteiger partial charge in [-0.2, -0.15) is 5.10 Å². The fourth-order valence-electron chi connectivity index (χ4n) is 3.67. The number of aromatic nitrogens is 3. The number of fused-ring (bicyclic) bond motifs is 1. The lowest BCUT2D eigenvalue weighted by Gasteiger charge is -2.15. The van der Waals surface area contributed by atoms with Crippen LogP contribution in [0.15, 0.2) is 54.9 Å². The van der Waals surface area contributed by atoms with E-state index in [9.17, 15) is 0 Å². The first-order chi connectivity index (χ1) is 16.1. The van der Waals surface area contributed by atoms with Gasteiger partial charge < -0.3 is 19.5 Å². The van der Waals surface area contributed by atoms with Crippen molar-refractivity contribution in [3.8, 4) is 17.4 Å². The van der Waals surface area contributed by atoms with Crippen molar-refractivity contribution in [2.75, 3.05) is 20.8 Å². The number of hydrogen-bond donors (Lipinski definition) is 1. The molecule has 33 heavy (non-hydrogen) atoms. The summed E-state index contributed by atoms with van der Waals surface area (Å²) in [5.74, 6) is 1.93. The number of nitrogens with zero attached hydrogens (tertiary/aromatic N) is 3. The highest BCUT2D eigenvalue weighted by Crippen LogP contribution is 2.33. The summed E-state index contributed by atoms with van der Waals surface area (Å²) in [6.45, 7) is 4.00. The van der Waals surface area contributed by atoms with Crippen molar-refractivity contribution < 1.29 is 14.2 Å². The smallest absolute Gasteiger partial charge is 0.218 e. The van der Waals surface area contributed by atoms with E-state index in [1.54, 1.807) is 14.2 Å². The summed E-state index contributed by atoms with van der Waals surface area (Å²) in [5.41, 5.74) is 5.32. The Kier molecular flexibility index (Phi) is 7.10. The molecule has 4 rings (SSSR count). The molecule has 0 saturated carbocycles. The lowest BCUT2D eigenvalue weighted by molar-refractivity contribution is 0.290. The summed E-state index contributed by atoms with van der Waals surface area (Å²) >= 11 is 0. The van der Waals surface area contributed by atoms with Gasteiger partial charge in [-0.3, -0.25) is 4.68 Å². The van der Waals surface area contributed by atoms with E-state index in [0.717, 1.165) is 35.0 Å². The first-order valence-corrected chi connectivity index (χ1v) is 11.0. The lowest BCUT2D eigenvalue weighted by Crippen LogP contribution is -2.17. The summed E-state index contributed by atoms with van der Waals surface area (Å²) in [6, 6.07) is 14.3. The molecule has 7 nitrogen and oxygen atoms in total. The highest BCUT2D eigenvalue weighted by Gasteiger charge is 2.13. The van der Waals surface area contributed by atoms with Crippen molar-refractivity contribution in [1.29, 1.82) is 0 Å². The van der Waals surface area contributed by atoms with E-state index in [2.05, 4.69) is 47.7 Å². The summed E-state index contributed by atoms with van der Waals surface area (Å²) in [4.78, 5) is 4.82. The molecule has 4 aromatic rings. The Bertz CT molecular complexity index is 1220. The van der Waals surface area contributed by atoms with E-state index in [4.69, 9.17) is 19.2 Å². The molecule has 0 bridgehead atoms. The van der Waals surface area contributed by atoms with Gasteiger partial charge >= 0.3 is 0 Å². The zero-order valence-corrected chi connectivity index (χ0v) is 19.6. The summed E-state index contributed by atoms with van der Waals surface area (Å²) in [6.07, 6.45) is 4.84. The molecule has 0 fully saturated rings. The minimum atomic E-state index is 0.453. The van der Waals surface area contributed by atoms with Crippen LogP contribution in [0, 0.1) is 6.92 Å². The highest BCUT2D eigenvalue weighted by molar-refractivity contribution is 5.84. The van der Waals surface area contributed by atoms with Crippen LogP contribution in [0.25, 0.3) is 10.9 Å². The van der Waals surface area contributed by atoms with Crippen molar-refractivity contribution >= 4 is 10.9 Å². The molecule has 0 atom stereocenters. The molecular formula is C26H30N4O3. The molecule has 0 aliphatic rings. The van der Waals surface area contributed by atoms with Gasteiger partial charge in [0.05, 0.1) is 25.9 Å². The quantitative estimate of drug-likeness (QED) is 0.368. The third-order valence-corrected chi connectivity index (χ3v) is 5.52. The predicted octanol–water partition coefficient (Wildman–Crippen LogP) is 4.21. The summed E-state index contributed by atoms with van der Waals surface area (Å²) in [7, 11) is 5.19. The molecule has 0 unspecified atom stereocenters. The third kappa shape index (κ3) is 5.62. The van der Waals surface area contributed by atoms with Gasteiger partial charge in [0.25, 0.3) is 0 Å². The molecule has 1 N–H and O–H groups in total. The Hall–Kier alpha value is -3.58. The van der Waals surface area contributed by atoms with Gasteiger partial charge in [-0.05, 0) is 43.1 Å². The van der Waals surface area contributed by atoms with Crippen LogP contribution >= 0.6 is 0 Å². The second-order valence-corrected chi connectivity index (χ2v) is 8.08. The highest BCUT2D eigenvalue weighted by atomic mass is 16.5. The van der Waals surface area contributed by atoms with E-state index >= 15 is 0 Å². The fraction of sp³-hybridized carbons (Fsp3) is 0.308. The molecule has 7 heteroatoms. The van der Waals surface area contributed by atoms with E-state index < -0.39 is 0 Å². The first kappa shape index (κ1) is 22.6. The maximum Gasteiger partial charge on any atom is 0.218 e. The van der Waals surface area contributed by atoms with Crippen LogP contribution < -0.4 is 19.5 Å². The van der Waals surface area contributed by atoms with Crippen LogP contribution in [0.4, 0.5) is 0 Å². The van der Waals surface area contributed by atoms with Crippen LogP contribution in [-0.4, -0.2) is 35.5 Å². The van der Waals surface area contributed by atoms with Gasteiger partial charge in [-0.15, -0.1) is 0 Å². The number of benzene rings is 2. The Balaban J connectivity index is 1.56. The number of ether oxygens (including phenoxy) is 3. The molecule has 0 amide bonds. The molecule has 2 aromatic carbocycles. The van der Waals surface area contributed by atoms with Crippen molar-refractivity contribution in [3.63, 3.8) is 0 Å². The Morgan fingerprint density at radius 1 is 0.970 bits per heavy atom. The number of hydrogen-bond acceptors (Lipinski definition) is 6. The average molecular weight is 447 g/mol. The maximum absolute atomic E-state index is 6.18. The monoisotopic (exact) mass is 446 g/mol. The molecule has 0 spiro atoms.